The van der Waals surface area contributed by atoms with E-state index in [1.807, 2.05) is 12.1 Å². The molecular formula is C18H18N4O2. The topological polar surface area (TPSA) is 70.7 Å². The molecule has 0 amide bonds. The highest BCUT2D eigenvalue weighted by molar-refractivity contribution is 5.86. The minimum atomic E-state index is -1.02. The predicted molar refractivity (Wildman–Crippen MR) is 90.4 cm³/mol. The number of aromatic nitrogens is 3. The molecule has 24 heavy (non-hydrogen) atoms. The second-order valence-electron chi connectivity index (χ2n) is 6.18. The molecule has 2 aromatic heterocycles. The predicted octanol–water partition coefficient (Wildman–Crippen LogP) is 3.08. The molecule has 1 fully saturated rings. The molecule has 1 unspecified atom stereocenters. The van der Waals surface area contributed by atoms with Gasteiger partial charge in [-0.15, -0.1) is 5.10 Å². The summed E-state index contributed by atoms with van der Waals surface area (Å²) in [6.07, 6.45) is 3.50. The zero-order valence-electron chi connectivity index (χ0n) is 13.4. The first-order valence-electron chi connectivity index (χ1n) is 8.05. The van der Waals surface area contributed by atoms with Crippen LogP contribution in [-0.4, -0.2) is 32.2 Å². The van der Waals surface area contributed by atoms with Crippen LogP contribution in [0.25, 0.3) is 5.65 Å². The van der Waals surface area contributed by atoms with E-state index in [0.29, 0.717) is 5.65 Å². The Labute approximate surface area is 139 Å². The summed E-state index contributed by atoms with van der Waals surface area (Å²) >= 11 is 0. The van der Waals surface area contributed by atoms with Crippen molar-refractivity contribution in [3.05, 3.63) is 59.4 Å². The fourth-order valence-corrected chi connectivity index (χ4v) is 3.43. The molecule has 6 heteroatoms. The number of hydrogen-bond acceptors (Lipinski definition) is 4. The number of aryl methyl sites for hydroxylation is 1. The average Bonchev–Trinajstić information content (AvgIpc) is 3.21. The van der Waals surface area contributed by atoms with Crippen molar-refractivity contribution < 1.29 is 9.90 Å². The minimum Gasteiger partial charge on any atom is -0.476 e. The van der Waals surface area contributed by atoms with Crippen molar-refractivity contribution in [2.24, 2.45) is 0 Å². The third kappa shape index (κ3) is 2.40. The van der Waals surface area contributed by atoms with Crippen LogP contribution >= 0.6 is 0 Å². The molecule has 1 aliphatic rings. The molecule has 0 spiro atoms. The minimum absolute atomic E-state index is 0.0816. The summed E-state index contributed by atoms with van der Waals surface area (Å²) in [7, 11) is 0. The fraction of sp³-hybridized carbons (Fsp3) is 0.278. The van der Waals surface area contributed by atoms with Gasteiger partial charge < -0.3 is 10.0 Å². The molecule has 1 aromatic carbocycles. The van der Waals surface area contributed by atoms with Crippen molar-refractivity contribution in [2.75, 3.05) is 11.4 Å². The normalized spacial score (nSPS) is 17.5. The maximum Gasteiger partial charge on any atom is 0.356 e. The molecule has 0 aliphatic carbocycles. The number of aromatic carboxylic acids is 1. The maximum absolute atomic E-state index is 11.3. The van der Waals surface area contributed by atoms with E-state index in [4.69, 9.17) is 0 Å². The molecule has 0 bridgehead atoms. The van der Waals surface area contributed by atoms with E-state index in [2.05, 4.69) is 46.2 Å². The maximum atomic E-state index is 11.3. The van der Waals surface area contributed by atoms with Crippen molar-refractivity contribution in [1.29, 1.82) is 0 Å². The second kappa shape index (κ2) is 5.63. The van der Waals surface area contributed by atoms with Gasteiger partial charge >= 0.3 is 5.97 Å². The molecular weight excluding hydrogens is 304 g/mol. The van der Waals surface area contributed by atoms with Gasteiger partial charge in [-0.25, -0.2) is 14.3 Å². The van der Waals surface area contributed by atoms with Gasteiger partial charge in [0, 0.05) is 6.54 Å². The average molecular weight is 322 g/mol. The molecule has 1 saturated heterocycles. The van der Waals surface area contributed by atoms with E-state index in [-0.39, 0.29) is 11.7 Å². The van der Waals surface area contributed by atoms with E-state index in [1.165, 1.54) is 21.8 Å². The smallest absolute Gasteiger partial charge is 0.356 e. The van der Waals surface area contributed by atoms with Gasteiger partial charge in [0.05, 0.1) is 12.2 Å². The molecule has 1 atom stereocenters. The molecule has 3 aromatic rings. The molecule has 122 valence electrons. The third-order valence-corrected chi connectivity index (χ3v) is 4.54. The van der Waals surface area contributed by atoms with Gasteiger partial charge in [0.1, 0.15) is 5.82 Å². The molecule has 1 aliphatic heterocycles. The highest BCUT2D eigenvalue weighted by Crippen LogP contribution is 2.35. The Morgan fingerprint density at radius 3 is 2.96 bits per heavy atom. The number of carboxylic acids is 1. The lowest BCUT2D eigenvalue weighted by molar-refractivity contribution is 0.0688. The Kier molecular flexibility index (Phi) is 3.45. The summed E-state index contributed by atoms with van der Waals surface area (Å²) in [6, 6.07) is 12.5. The molecule has 1 N–H and O–H groups in total. The van der Waals surface area contributed by atoms with E-state index in [0.717, 1.165) is 25.2 Å². The van der Waals surface area contributed by atoms with Gasteiger partial charge in [0.2, 0.25) is 0 Å². The van der Waals surface area contributed by atoms with Gasteiger partial charge in [0.25, 0.3) is 0 Å². The van der Waals surface area contributed by atoms with Crippen molar-refractivity contribution in [1.82, 2.24) is 14.6 Å². The summed E-state index contributed by atoms with van der Waals surface area (Å²) in [5, 5.41) is 13.8. The number of nitrogens with zero attached hydrogens (tertiary/aromatic N) is 4. The first-order chi connectivity index (χ1) is 11.6. The quantitative estimate of drug-likeness (QED) is 0.802. The van der Waals surface area contributed by atoms with Crippen molar-refractivity contribution in [3.63, 3.8) is 0 Å². The zero-order chi connectivity index (χ0) is 16.7. The number of rotatable bonds is 3. The van der Waals surface area contributed by atoms with Gasteiger partial charge in [-0.3, -0.25) is 0 Å². The number of anilines is 1. The number of imidazole rings is 1. The Morgan fingerprint density at radius 2 is 2.17 bits per heavy atom. The Hall–Kier alpha value is -2.89. The SMILES string of the molecule is Cc1cccc(C2CCCN2c2ccc3ncc(C(=O)O)n3n2)c1. The van der Waals surface area contributed by atoms with Crippen LogP contribution in [-0.2, 0) is 0 Å². The number of carboxylic acid groups (broad SMARTS) is 1. The lowest BCUT2D eigenvalue weighted by Crippen LogP contribution is -2.24. The Bertz CT molecular complexity index is 918. The number of carbonyl (C=O) groups is 1. The Morgan fingerprint density at radius 1 is 1.29 bits per heavy atom. The fourth-order valence-electron chi connectivity index (χ4n) is 3.43. The van der Waals surface area contributed by atoms with E-state index in [1.54, 1.807) is 0 Å². The van der Waals surface area contributed by atoms with Crippen LogP contribution in [0, 0.1) is 6.92 Å². The second-order valence-corrected chi connectivity index (χ2v) is 6.18. The van der Waals surface area contributed by atoms with Crippen LogP contribution in [0.15, 0.2) is 42.6 Å². The Balaban J connectivity index is 1.75. The molecule has 6 nitrogen and oxygen atoms in total. The van der Waals surface area contributed by atoms with Crippen LogP contribution in [0.2, 0.25) is 0 Å². The lowest BCUT2D eigenvalue weighted by atomic mass is 10.0. The standard InChI is InChI=1S/C18H18N4O2/c1-12-4-2-5-13(10-12)14-6-3-9-21(14)17-8-7-16-19-11-15(18(23)24)22(16)20-17/h2,4-5,7-8,10-11,14H,3,6,9H2,1H3,(H,23,24). The highest BCUT2D eigenvalue weighted by Gasteiger charge is 2.27. The van der Waals surface area contributed by atoms with Crippen LogP contribution in [0.5, 0.6) is 0 Å². The summed E-state index contributed by atoms with van der Waals surface area (Å²) in [5.41, 5.74) is 3.14. The lowest BCUT2D eigenvalue weighted by Gasteiger charge is -2.26. The van der Waals surface area contributed by atoms with E-state index < -0.39 is 5.97 Å². The number of benzene rings is 1. The zero-order valence-corrected chi connectivity index (χ0v) is 13.4. The first kappa shape index (κ1) is 14.7. The third-order valence-electron chi connectivity index (χ3n) is 4.54. The van der Waals surface area contributed by atoms with Crippen molar-refractivity contribution >= 4 is 17.4 Å². The summed E-state index contributed by atoms with van der Waals surface area (Å²) in [5.74, 6) is -0.240. The summed E-state index contributed by atoms with van der Waals surface area (Å²) in [4.78, 5) is 17.7. The summed E-state index contributed by atoms with van der Waals surface area (Å²) < 4.78 is 1.41. The highest BCUT2D eigenvalue weighted by atomic mass is 16.4. The van der Waals surface area contributed by atoms with Crippen LogP contribution in [0.3, 0.4) is 0 Å². The van der Waals surface area contributed by atoms with Gasteiger partial charge in [-0.1, -0.05) is 29.8 Å². The summed E-state index contributed by atoms with van der Waals surface area (Å²) in [6.45, 7) is 3.01. The number of hydrogen-bond donors (Lipinski definition) is 1. The van der Waals surface area contributed by atoms with E-state index >= 15 is 0 Å². The molecule has 0 saturated carbocycles. The largest absolute Gasteiger partial charge is 0.476 e. The van der Waals surface area contributed by atoms with Crippen molar-refractivity contribution in [3.8, 4) is 0 Å². The van der Waals surface area contributed by atoms with Crippen molar-refractivity contribution in [2.45, 2.75) is 25.8 Å². The van der Waals surface area contributed by atoms with Gasteiger partial charge in [-0.05, 0) is 37.5 Å². The van der Waals surface area contributed by atoms with E-state index in [9.17, 15) is 9.90 Å². The van der Waals surface area contributed by atoms with Crippen LogP contribution in [0.4, 0.5) is 5.82 Å². The van der Waals surface area contributed by atoms with Gasteiger partial charge in [-0.2, -0.15) is 0 Å². The molecule has 4 rings (SSSR count). The molecule has 0 radical (unpaired) electrons. The molecule has 3 heterocycles. The van der Waals surface area contributed by atoms with Gasteiger partial charge in [0.15, 0.2) is 11.3 Å². The first-order valence-corrected chi connectivity index (χ1v) is 8.05. The number of fused-ring (bicyclic) bond motifs is 1. The van der Waals surface area contributed by atoms with Crippen LogP contribution < -0.4 is 4.90 Å². The van der Waals surface area contributed by atoms with Crippen LogP contribution in [0.1, 0.15) is 40.5 Å². The monoisotopic (exact) mass is 322 g/mol.